The standard InChI is InChI=1S/C22H19N5O2S/c1-11-4-3-5-16(12(11)2)27-18(28)8-17(22(27)29)30-21-15(10-24)19(13-6-7-13)14(9-23)20(25)26-21/h3-5,13,17H,6-8H2,1-2H3,(H2,25,26)/t17-/m1/s1. The minimum Gasteiger partial charge on any atom is -0.383 e. The second-order valence-corrected chi connectivity index (χ2v) is 8.75. The number of hydrogen-bond donors (Lipinski definition) is 1. The van der Waals surface area contributed by atoms with Crippen LogP contribution < -0.4 is 10.6 Å². The van der Waals surface area contributed by atoms with Gasteiger partial charge in [-0.3, -0.25) is 9.59 Å². The van der Waals surface area contributed by atoms with E-state index in [0.29, 0.717) is 21.8 Å². The molecule has 7 nitrogen and oxygen atoms in total. The second-order valence-electron chi connectivity index (χ2n) is 7.56. The first-order valence-electron chi connectivity index (χ1n) is 9.60. The van der Waals surface area contributed by atoms with Gasteiger partial charge in [0, 0.05) is 6.42 Å². The van der Waals surface area contributed by atoms with Gasteiger partial charge in [0.05, 0.1) is 22.1 Å². The van der Waals surface area contributed by atoms with E-state index in [2.05, 4.69) is 17.1 Å². The monoisotopic (exact) mass is 417 g/mol. The van der Waals surface area contributed by atoms with Crippen LogP contribution in [0.4, 0.5) is 11.5 Å². The Bertz CT molecular complexity index is 1170. The zero-order valence-corrected chi connectivity index (χ0v) is 17.4. The number of nitrogens with two attached hydrogens (primary N) is 1. The van der Waals surface area contributed by atoms with Gasteiger partial charge < -0.3 is 5.73 Å². The highest BCUT2D eigenvalue weighted by atomic mass is 32.2. The molecule has 0 radical (unpaired) electrons. The molecule has 1 aliphatic carbocycles. The lowest BCUT2D eigenvalue weighted by Crippen LogP contribution is -2.31. The molecule has 30 heavy (non-hydrogen) atoms. The number of rotatable bonds is 4. The number of pyridine rings is 1. The van der Waals surface area contributed by atoms with E-state index in [0.717, 1.165) is 35.7 Å². The second kappa shape index (κ2) is 7.47. The van der Waals surface area contributed by atoms with Crippen LogP contribution >= 0.6 is 11.8 Å². The SMILES string of the molecule is Cc1cccc(N2C(=O)C[C@@H](Sc3nc(N)c(C#N)c(C4CC4)c3C#N)C2=O)c1C. The maximum atomic E-state index is 13.1. The molecule has 2 N–H and O–H groups in total. The largest absolute Gasteiger partial charge is 0.383 e. The molecule has 8 heteroatoms. The molecule has 0 bridgehead atoms. The van der Waals surface area contributed by atoms with Crippen molar-refractivity contribution < 1.29 is 9.59 Å². The number of imide groups is 1. The topological polar surface area (TPSA) is 124 Å². The maximum Gasteiger partial charge on any atom is 0.247 e. The molecule has 2 aromatic rings. The van der Waals surface area contributed by atoms with E-state index in [1.807, 2.05) is 26.0 Å². The molecule has 1 atom stereocenters. The number of nitriles is 2. The summed E-state index contributed by atoms with van der Waals surface area (Å²) in [5, 5.41) is 18.8. The number of aromatic nitrogens is 1. The summed E-state index contributed by atoms with van der Waals surface area (Å²) < 4.78 is 0. The summed E-state index contributed by atoms with van der Waals surface area (Å²) in [6.07, 6.45) is 1.79. The molecule has 1 saturated heterocycles. The van der Waals surface area contributed by atoms with Crippen LogP contribution in [0.3, 0.4) is 0 Å². The molecule has 1 aromatic carbocycles. The predicted molar refractivity (Wildman–Crippen MR) is 113 cm³/mol. The fourth-order valence-corrected chi connectivity index (χ4v) is 4.88. The highest BCUT2D eigenvalue weighted by Crippen LogP contribution is 2.47. The van der Waals surface area contributed by atoms with Crippen LogP contribution in [0.25, 0.3) is 0 Å². The van der Waals surface area contributed by atoms with Gasteiger partial charge in [0.2, 0.25) is 11.8 Å². The zero-order chi connectivity index (χ0) is 21.6. The minimum atomic E-state index is -0.698. The highest BCUT2D eigenvalue weighted by Gasteiger charge is 2.42. The Morgan fingerprint density at radius 3 is 2.50 bits per heavy atom. The van der Waals surface area contributed by atoms with Crippen molar-refractivity contribution in [3.05, 3.63) is 46.0 Å². The van der Waals surface area contributed by atoms with Gasteiger partial charge in [-0.05, 0) is 55.4 Å². The Morgan fingerprint density at radius 2 is 1.87 bits per heavy atom. The first-order chi connectivity index (χ1) is 14.4. The van der Waals surface area contributed by atoms with Crippen molar-refractivity contribution in [1.82, 2.24) is 4.98 Å². The Kier molecular flexibility index (Phi) is 4.97. The van der Waals surface area contributed by atoms with Gasteiger partial charge >= 0.3 is 0 Å². The van der Waals surface area contributed by atoms with E-state index in [1.165, 1.54) is 4.90 Å². The number of nitrogen functional groups attached to an aromatic ring is 1. The van der Waals surface area contributed by atoms with Crippen LogP contribution in [0.15, 0.2) is 23.2 Å². The van der Waals surface area contributed by atoms with Gasteiger partial charge in [-0.15, -0.1) is 0 Å². The summed E-state index contributed by atoms with van der Waals surface area (Å²) in [5.74, 6) is -0.440. The van der Waals surface area contributed by atoms with Crippen LogP contribution in [0, 0.1) is 36.5 Å². The molecule has 2 fully saturated rings. The van der Waals surface area contributed by atoms with Gasteiger partial charge in [0.15, 0.2) is 0 Å². The molecule has 0 spiro atoms. The van der Waals surface area contributed by atoms with Gasteiger partial charge in [0.1, 0.15) is 23.0 Å². The van der Waals surface area contributed by atoms with Crippen molar-refractivity contribution in [3.8, 4) is 12.1 Å². The lowest BCUT2D eigenvalue weighted by atomic mass is 10.0. The Morgan fingerprint density at radius 1 is 1.17 bits per heavy atom. The van der Waals surface area contributed by atoms with Crippen LogP contribution in [0.5, 0.6) is 0 Å². The number of benzene rings is 1. The quantitative estimate of drug-likeness (QED) is 0.757. The summed E-state index contributed by atoms with van der Waals surface area (Å²) in [4.78, 5) is 31.3. The number of nitrogens with zero attached hydrogens (tertiary/aromatic N) is 4. The Labute approximate surface area is 178 Å². The number of hydrogen-bond acceptors (Lipinski definition) is 7. The van der Waals surface area contributed by atoms with Gasteiger partial charge in [-0.1, -0.05) is 23.9 Å². The van der Waals surface area contributed by atoms with E-state index in [1.54, 1.807) is 6.07 Å². The molecule has 150 valence electrons. The van der Waals surface area contributed by atoms with E-state index >= 15 is 0 Å². The molecule has 1 aliphatic heterocycles. The van der Waals surface area contributed by atoms with Crippen molar-refractivity contribution in [2.24, 2.45) is 0 Å². The molecule has 2 amide bonds. The van der Waals surface area contributed by atoms with E-state index < -0.39 is 5.25 Å². The van der Waals surface area contributed by atoms with Crippen molar-refractivity contribution in [3.63, 3.8) is 0 Å². The minimum absolute atomic E-state index is 0.0160. The molecule has 1 aromatic heterocycles. The van der Waals surface area contributed by atoms with Crippen molar-refractivity contribution in [2.75, 3.05) is 10.6 Å². The number of aryl methyl sites for hydroxylation is 1. The van der Waals surface area contributed by atoms with E-state index in [9.17, 15) is 20.1 Å². The van der Waals surface area contributed by atoms with Crippen molar-refractivity contribution >= 4 is 35.1 Å². The van der Waals surface area contributed by atoms with E-state index in [4.69, 9.17) is 5.73 Å². The molecule has 2 aliphatic rings. The maximum absolute atomic E-state index is 13.1. The summed E-state index contributed by atoms with van der Waals surface area (Å²) in [7, 11) is 0. The predicted octanol–water partition coefficient (Wildman–Crippen LogP) is 3.33. The number of thioether (sulfide) groups is 1. The first-order valence-corrected chi connectivity index (χ1v) is 10.5. The van der Waals surface area contributed by atoms with Crippen LogP contribution in [-0.2, 0) is 9.59 Å². The smallest absolute Gasteiger partial charge is 0.247 e. The van der Waals surface area contributed by atoms with Crippen LogP contribution in [0.1, 0.15) is 53.0 Å². The normalized spacial score (nSPS) is 18.4. The van der Waals surface area contributed by atoms with E-state index in [-0.39, 0.29) is 35.5 Å². The average molecular weight is 417 g/mol. The van der Waals surface area contributed by atoms with Gasteiger partial charge in [0.25, 0.3) is 0 Å². The zero-order valence-electron chi connectivity index (χ0n) is 16.6. The lowest BCUT2D eigenvalue weighted by molar-refractivity contribution is -0.121. The Balaban J connectivity index is 1.70. The molecular weight excluding hydrogens is 398 g/mol. The summed E-state index contributed by atoms with van der Waals surface area (Å²) in [6.45, 7) is 3.81. The van der Waals surface area contributed by atoms with Crippen molar-refractivity contribution in [2.45, 2.75) is 49.3 Å². The fraction of sp³-hybridized carbons (Fsp3) is 0.318. The fourth-order valence-electron chi connectivity index (χ4n) is 3.75. The molecule has 4 rings (SSSR count). The van der Waals surface area contributed by atoms with Gasteiger partial charge in [-0.2, -0.15) is 10.5 Å². The first kappa shape index (κ1) is 19.9. The van der Waals surface area contributed by atoms with Gasteiger partial charge in [-0.25, -0.2) is 9.88 Å². The number of carbonyl (C=O) groups excluding carboxylic acids is 2. The molecule has 2 heterocycles. The number of amides is 2. The number of carbonyl (C=O) groups is 2. The third kappa shape index (κ3) is 3.20. The summed E-state index contributed by atoms with van der Waals surface area (Å²) in [5.41, 5.74) is 9.60. The third-order valence-corrected chi connectivity index (χ3v) is 6.79. The Hall–Kier alpha value is -3.36. The molecule has 0 unspecified atom stereocenters. The summed E-state index contributed by atoms with van der Waals surface area (Å²) in [6, 6.07) is 9.71. The average Bonchev–Trinajstić information content (AvgIpc) is 3.51. The van der Waals surface area contributed by atoms with Crippen LogP contribution in [-0.4, -0.2) is 22.0 Å². The van der Waals surface area contributed by atoms with Crippen LogP contribution in [0.2, 0.25) is 0 Å². The van der Waals surface area contributed by atoms with Crippen molar-refractivity contribution in [1.29, 1.82) is 10.5 Å². The summed E-state index contributed by atoms with van der Waals surface area (Å²) >= 11 is 1.08. The lowest BCUT2D eigenvalue weighted by Gasteiger charge is -2.19. The molecular formula is C22H19N5O2S. The third-order valence-electron chi connectivity index (χ3n) is 5.62. The highest BCUT2D eigenvalue weighted by molar-refractivity contribution is 8.00. The number of anilines is 2. The molecule has 1 saturated carbocycles.